The van der Waals surface area contributed by atoms with E-state index in [4.69, 9.17) is 9.47 Å². The first kappa shape index (κ1) is 15.1. The number of methoxy groups -OCH3 is 1. The maximum atomic E-state index is 12.1. The third kappa shape index (κ3) is 2.44. The van der Waals surface area contributed by atoms with Crippen LogP contribution >= 0.6 is 11.3 Å². The first-order valence-electron chi connectivity index (χ1n) is 7.73. The van der Waals surface area contributed by atoms with E-state index in [1.165, 1.54) is 7.11 Å². The molecule has 0 amide bonds. The van der Waals surface area contributed by atoms with E-state index in [2.05, 4.69) is 35.7 Å². The van der Waals surface area contributed by atoms with Crippen LogP contribution in [0.5, 0.6) is 0 Å². The predicted octanol–water partition coefficient (Wildman–Crippen LogP) is 4.83. The summed E-state index contributed by atoms with van der Waals surface area (Å²) >= 11 is 1.57. The number of thiophene rings is 1. The number of hydrogen-bond donors (Lipinski definition) is 0. The Morgan fingerprint density at radius 2 is 1.83 bits per heavy atom. The lowest BCUT2D eigenvalue weighted by molar-refractivity contribution is -0.155. The van der Waals surface area contributed by atoms with Gasteiger partial charge in [0, 0.05) is 5.56 Å². The quantitative estimate of drug-likeness (QED) is 0.629. The lowest BCUT2D eigenvalue weighted by Crippen LogP contribution is -2.16. The molecule has 4 rings (SSSR count). The Bertz CT molecular complexity index is 883. The van der Waals surface area contributed by atoms with Crippen molar-refractivity contribution in [1.82, 2.24) is 0 Å². The number of carbonyl (C=O) groups excluding carboxylic acids is 1. The molecule has 3 nitrogen and oxygen atoms in total. The third-order valence-electron chi connectivity index (χ3n) is 4.33. The third-order valence-corrected chi connectivity index (χ3v) is 5.10. The first-order chi connectivity index (χ1) is 11.8. The smallest absolute Gasteiger partial charge is 0.339 e. The average Bonchev–Trinajstić information content (AvgIpc) is 3.05. The molecule has 0 bridgehead atoms. The number of fused-ring (bicyclic) bond motifs is 3. The van der Waals surface area contributed by atoms with Gasteiger partial charge in [0.2, 0.25) is 0 Å². The van der Waals surface area contributed by atoms with Crippen LogP contribution in [0.3, 0.4) is 0 Å². The number of rotatable bonds is 2. The fourth-order valence-electron chi connectivity index (χ4n) is 3.17. The number of ether oxygens (including phenoxy) is 2. The SMILES string of the molecule is COC(=O)C1OCc2c(-c3ccccc3)cccc2-c2cscc21. The number of hydrogen-bond acceptors (Lipinski definition) is 4. The second kappa shape index (κ2) is 6.23. The first-order valence-corrected chi connectivity index (χ1v) is 8.67. The van der Waals surface area contributed by atoms with Crippen molar-refractivity contribution in [3.05, 3.63) is 70.4 Å². The normalized spacial score (nSPS) is 16.0. The van der Waals surface area contributed by atoms with Gasteiger partial charge in [0.05, 0.1) is 13.7 Å². The second-order valence-corrected chi connectivity index (χ2v) is 6.40. The molecule has 0 saturated heterocycles. The Hall–Kier alpha value is -2.43. The fourth-order valence-corrected chi connectivity index (χ4v) is 4.03. The van der Waals surface area contributed by atoms with Gasteiger partial charge in [0.1, 0.15) is 0 Å². The minimum absolute atomic E-state index is 0.358. The van der Waals surface area contributed by atoms with Crippen molar-refractivity contribution < 1.29 is 14.3 Å². The van der Waals surface area contributed by atoms with Crippen LogP contribution in [0.15, 0.2) is 59.3 Å². The monoisotopic (exact) mass is 336 g/mol. The van der Waals surface area contributed by atoms with E-state index in [-0.39, 0.29) is 5.97 Å². The van der Waals surface area contributed by atoms with E-state index in [0.717, 1.165) is 33.4 Å². The maximum Gasteiger partial charge on any atom is 0.339 e. The molecule has 1 atom stereocenters. The summed E-state index contributed by atoms with van der Waals surface area (Å²) in [6.07, 6.45) is -0.674. The Morgan fingerprint density at radius 1 is 1.04 bits per heavy atom. The van der Waals surface area contributed by atoms with Gasteiger partial charge in [-0.2, -0.15) is 11.3 Å². The van der Waals surface area contributed by atoms with E-state index in [0.29, 0.717) is 6.61 Å². The van der Waals surface area contributed by atoms with Gasteiger partial charge in [-0.05, 0) is 38.6 Å². The largest absolute Gasteiger partial charge is 0.467 e. The van der Waals surface area contributed by atoms with Crippen LogP contribution in [-0.4, -0.2) is 13.1 Å². The van der Waals surface area contributed by atoms with Crippen molar-refractivity contribution in [2.45, 2.75) is 12.7 Å². The van der Waals surface area contributed by atoms with Gasteiger partial charge in [0.25, 0.3) is 0 Å². The minimum Gasteiger partial charge on any atom is -0.467 e. The summed E-state index contributed by atoms with van der Waals surface area (Å²) in [4.78, 5) is 12.1. The van der Waals surface area contributed by atoms with E-state index in [1.54, 1.807) is 11.3 Å². The van der Waals surface area contributed by atoms with Crippen LogP contribution in [0.4, 0.5) is 0 Å². The van der Waals surface area contributed by atoms with Gasteiger partial charge < -0.3 is 9.47 Å². The molecule has 1 unspecified atom stereocenters. The highest BCUT2D eigenvalue weighted by atomic mass is 32.1. The van der Waals surface area contributed by atoms with E-state index in [9.17, 15) is 4.79 Å². The molecule has 2 aromatic carbocycles. The van der Waals surface area contributed by atoms with Gasteiger partial charge in [-0.1, -0.05) is 48.5 Å². The Labute approximate surface area is 144 Å². The average molecular weight is 336 g/mol. The van der Waals surface area contributed by atoms with Crippen LogP contribution in [0, 0.1) is 0 Å². The zero-order valence-corrected chi connectivity index (χ0v) is 14.0. The molecule has 0 aliphatic carbocycles. The Kier molecular flexibility index (Phi) is 3.92. The van der Waals surface area contributed by atoms with E-state index in [1.807, 2.05) is 23.6 Å². The highest BCUT2D eigenvalue weighted by molar-refractivity contribution is 7.08. The van der Waals surface area contributed by atoms with Gasteiger partial charge in [-0.3, -0.25) is 0 Å². The topological polar surface area (TPSA) is 35.5 Å². The van der Waals surface area contributed by atoms with Crippen molar-refractivity contribution in [3.8, 4) is 22.3 Å². The molecule has 0 N–H and O–H groups in total. The molecular formula is C20H16O3S. The molecule has 0 radical (unpaired) electrons. The molecule has 1 aliphatic rings. The highest BCUT2D eigenvalue weighted by Gasteiger charge is 2.30. The van der Waals surface area contributed by atoms with E-state index < -0.39 is 6.10 Å². The molecule has 1 aromatic heterocycles. The van der Waals surface area contributed by atoms with Crippen molar-refractivity contribution in [3.63, 3.8) is 0 Å². The molecule has 120 valence electrons. The molecule has 4 heteroatoms. The van der Waals surface area contributed by atoms with Crippen LogP contribution in [-0.2, 0) is 20.9 Å². The van der Waals surface area contributed by atoms with Crippen LogP contribution in [0.25, 0.3) is 22.3 Å². The summed E-state index contributed by atoms with van der Waals surface area (Å²) < 4.78 is 10.9. The molecule has 3 aromatic rings. The molecule has 24 heavy (non-hydrogen) atoms. The lowest BCUT2D eigenvalue weighted by atomic mass is 9.92. The van der Waals surface area contributed by atoms with Crippen molar-refractivity contribution in [2.24, 2.45) is 0 Å². The zero-order valence-electron chi connectivity index (χ0n) is 13.2. The Balaban J connectivity index is 1.89. The van der Waals surface area contributed by atoms with Crippen molar-refractivity contribution >= 4 is 17.3 Å². The Morgan fingerprint density at radius 3 is 2.62 bits per heavy atom. The van der Waals surface area contributed by atoms with Crippen LogP contribution in [0.2, 0.25) is 0 Å². The summed E-state index contributed by atoms with van der Waals surface area (Å²) in [5, 5.41) is 4.05. The summed E-state index contributed by atoms with van der Waals surface area (Å²) in [6, 6.07) is 16.5. The van der Waals surface area contributed by atoms with Crippen LogP contribution < -0.4 is 0 Å². The summed E-state index contributed by atoms with van der Waals surface area (Å²) in [6.45, 7) is 0.375. The summed E-state index contributed by atoms with van der Waals surface area (Å²) in [5.74, 6) is -0.358. The van der Waals surface area contributed by atoms with Crippen molar-refractivity contribution in [2.75, 3.05) is 7.11 Å². The number of carbonyl (C=O) groups is 1. The van der Waals surface area contributed by atoms with Crippen LogP contribution in [0.1, 0.15) is 17.2 Å². The second-order valence-electron chi connectivity index (χ2n) is 5.65. The standard InChI is InChI=1S/C20H16O3S/c1-22-20(21)19-18-12-24-11-17(18)15-9-5-8-14(16(15)10-23-19)13-6-3-2-4-7-13/h2-9,11-12,19H,10H2,1H3. The molecule has 0 spiro atoms. The minimum atomic E-state index is -0.674. The molecular weight excluding hydrogens is 320 g/mol. The van der Waals surface area contributed by atoms with Crippen molar-refractivity contribution in [1.29, 1.82) is 0 Å². The summed E-state index contributed by atoms with van der Waals surface area (Å²) in [5.41, 5.74) is 6.45. The van der Waals surface area contributed by atoms with Gasteiger partial charge in [-0.15, -0.1) is 0 Å². The molecule has 1 aliphatic heterocycles. The lowest BCUT2D eigenvalue weighted by Gasteiger charge is -2.14. The molecule has 0 saturated carbocycles. The fraction of sp³-hybridized carbons (Fsp3) is 0.150. The van der Waals surface area contributed by atoms with Gasteiger partial charge in [-0.25, -0.2) is 4.79 Å². The molecule has 0 fully saturated rings. The predicted molar refractivity (Wildman–Crippen MR) is 94.7 cm³/mol. The van der Waals surface area contributed by atoms with E-state index >= 15 is 0 Å². The van der Waals surface area contributed by atoms with Gasteiger partial charge >= 0.3 is 5.97 Å². The molecule has 2 heterocycles. The number of benzene rings is 2. The zero-order chi connectivity index (χ0) is 16.5. The highest BCUT2D eigenvalue weighted by Crippen LogP contribution is 2.42. The van der Waals surface area contributed by atoms with Gasteiger partial charge in [0.15, 0.2) is 6.10 Å². The number of esters is 1. The maximum absolute atomic E-state index is 12.1. The summed E-state index contributed by atoms with van der Waals surface area (Å²) in [7, 11) is 1.39.